The zero-order chi connectivity index (χ0) is 13.8. The van der Waals surface area contributed by atoms with Crippen molar-refractivity contribution in [3.8, 4) is 0 Å². The summed E-state index contributed by atoms with van der Waals surface area (Å²) in [5.74, 6) is -0.185. The minimum absolute atomic E-state index is 0.127. The second-order valence-corrected chi connectivity index (χ2v) is 6.74. The molecule has 1 nitrogen and oxygen atoms in total. The van der Waals surface area contributed by atoms with Gasteiger partial charge in [-0.05, 0) is 58.0 Å². The zero-order valence-electron chi connectivity index (χ0n) is 10.4. The minimum Gasteiger partial charge on any atom is -0.306 e. The van der Waals surface area contributed by atoms with E-state index in [-0.39, 0.29) is 11.9 Å². The Kier molecular flexibility index (Phi) is 5.57. The van der Waals surface area contributed by atoms with Crippen molar-refractivity contribution in [1.29, 1.82) is 0 Å². The van der Waals surface area contributed by atoms with Crippen LogP contribution in [0.15, 0.2) is 37.9 Å². The smallest absolute Gasteiger partial charge is 0.128 e. The van der Waals surface area contributed by atoms with Crippen LogP contribution in [-0.4, -0.2) is 6.54 Å². The third-order valence-corrected chi connectivity index (χ3v) is 5.07. The highest BCUT2D eigenvalue weighted by Gasteiger charge is 2.20. The van der Waals surface area contributed by atoms with E-state index >= 15 is 0 Å². The summed E-state index contributed by atoms with van der Waals surface area (Å²) < 4.78 is 16.0. The van der Waals surface area contributed by atoms with E-state index in [4.69, 9.17) is 0 Å². The molecule has 1 N–H and O–H groups in total. The molecule has 0 aliphatic carbocycles. The van der Waals surface area contributed by atoms with Crippen LogP contribution in [0.25, 0.3) is 0 Å². The first kappa shape index (κ1) is 15.2. The molecule has 19 heavy (non-hydrogen) atoms. The fraction of sp³-hybridized carbons (Fsp3) is 0.286. The van der Waals surface area contributed by atoms with Gasteiger partial charge in [-0.3, -0.25) is 0 Å². The lowest BCUT2D eigenvalue weighted by Gasteiger charge is -2.20. The largest absolute Gasteiger partial charge is 0.306 e. The lowest BCUT2D eigenvalue weighted by atomic mass is 10.0. The monoisotopic (exact) mass is 405 g/mol. The molecule has 0 amide bonds. The van der Waals surface area contributed by atoms with Crippen LogP contribution >= 0.6 is 43.2 Å². The number of rotatable bonds is 5. The molecule has 102 valence electrons. The Hall–Kier alpha value is -0.230. The van der Waals surface area contributed by atoms with E-state index in [1.807, 2.05) is 11.4 Å². The van der Waals surface area contributed by atoms with Crippen molar-refractivity contribution in [2.75, 3.05) is 6.54 Å². The molecule has 0 saturated heterocycles. The van der Waals surface area contributed by atoms with Crippen molar-refractivity contribution in [2.24, 2.45) is 0 Å². The molecular weight excluding hydrogens is 393 g/mol. The van der Waals surface area contributed by atoms with Gasteiger partial charge in [-0.15, -0.1) is 0 Å². The maximum Gasteiger partial charge on any atom is 0.128 e. The van der Waals surface area contributed by atoms with Gasteiger partial charge in [0.05, 0.1) is 6.04 Å². The van der Waals surface area contributed by atoms with Crippen LogP contribution in [0.2, 0.25) is 0 Å². The van der Waals surface area contributed by atoms with Gasteiger partial charge in [0.1, 0.15) is 5.82 Å². The van der Waals surface area contributed by atoms with Gasteiger partial charge >= 0.3 is 0 Å². The predicted molar refractivity (Wildman–Crippen MR) is 86.3 cm³/mol. The summed E-state index contributed by atoms with van der Waals surface area (Å²) in [6, 6.07) is 4.93. The molecule has 1 unspecified atom stereocenters. The topological polar surface area (TPSA) is 12.0 Å². The molecule has 2 aromatic rings. The van der Waals surface area contributed by atoms with E-state index < -0.39 is 0 Å². The van der Waals surface area contributed by atoms with E-state index in [2.05, 4.69) is 49.5 Å². The fourth-order valence-corrected chi connectivity index (χ4v) is 3.84. The van der Waals surface area contributed by atoms with Crippen LogP contribution in [0.1, 0.15) is 30.5 Å². The third-order valence-electron chi connectivity index (χ3n) is 2.82. The van der Waals surface area contributed by atoms with Gasteiger partial charge in [-0.1, -0.05) is 22.9 Å². The molecular formula is C14H14Br2FNS. The molecule has 0 aliphatic heterocycles. The molecule has 0 spiro atoms. The Bertz CT molecular complexity index is 556. The molecule has 1 atom stereocenters. The molecule has 0 fully saturated rings. The van der Waals surface area contributed by atoms with Crippen LogP contribution in [-0.2, 0) is 0 Å². The average Bonchev–Trinajstić information content (AvgIpc) is 2.80. The summed E-state index contributed by atoms with van der Waals surface area (Å²) in [5.41, 5.74) is 1.75. The van der Waals surface area contributed by atoms with Crippen LogP contribution in [0.4, 0.5) is 4.39 Å². The summed E-state index contributed by atoms with van der Waals surface area (Å²) in [7, 11) is 0. The van der Waals surface area contributed by atoms with Gasteiger partial charge in [0.25, 0.3) is 0 Å². The van der Waals surface area contributed by atoms with Gasteiger partial charge in [0.15, 0.2) is 0 Å². The molecule has 0 saturated carbocycles. The Morgan fingerprint density at radius 1 is 1.26 bits per heavy atom. The van der Waals surface area contributed by atoms with Gasteiger partial charge in [0, 0.05) is 19.9 Å². The van der Waals surface area contributed by atoms with Gasteiger partial charge in [-0.2, -0.15) is 11.3 Å². The lowest BCUT2D eigenvalue weighted by molar-refractivity contribution is 0.546. The summed E-state index contributed by atoms with van der Waals surface area (Å²) in [6.45, 7) is 2.95. The number of benzene rings is 1. The van der Waals surface area contributed by atoms with Crippen molar-refractivity contribution in [3.63, 3.8) is 0 Å². The molecule has 0 aliphatic rings. The fourth-order valence-electron chi connectivity index (χ4n) is 1.91. The highest BCUT2D eigenvalue weighted by molar-refractivity contribution is 9.10. The van der Waals surface area contributed by atoms with Crippen molar-refractivity contribution in [2.45, 2.75) is 19.4 Å². The van der Waals surface area contributed by atoms with Crippen LogP contribution in [0, 0.1) is 5.82 Å². The number of hydrogen-bond donors (Lipinski definition) is 1. The molecule has 1 aromatic carbocycles. The SMILES string of the molecule is CCCNC(c1cc(Br)ccc1F)c1cscc1Br. The van der Waals surface area contributed by atoms with Gasteiger partial charge in [-0.25, -0.2) is 4.39 Å². The maximum absolute atomic E-state index is 14.1. The molecule has 2 rings (SSSR count). The van der Waals surface area contributed by atoms with Crippen molar-refractivity contribution in [1.82, 2.24) is 5.32 Å². The number of hydrogen-bond acceptors (Lipinski definition) is 2. The van der Waals surface area contributed by atoms with E-state index in [0.29, 0.717) is 5.56 Å². The highest BCUT2D eigenvalue weighted by Crippen LogP contribution is 2.33. The first-order valence-electron chi connectivity index (χ1n) is 6.03. The van der Waals surface area contributed by atoms with Crippen LogP contribution in [0.3, 0.4) is 0 Å². The third kappa shape index (κ3) is 3.66. The summed E-state index contributed by atoms with van der Waals surface area (Å²) >= 11 is 8.56. The average molecular weight is 407 g/mol. The van der Waals surface area contributed by atoms with E-state index in [1.54, 1.807) is 17.4 Å². The van der Waals surface area contributed by atoms with E-state index in [1.165, 1.54) is 6.07 Å². The van der Waals surface area contributed by atoms with Crippen molar-refractivity contribution < 1.29 is 4.39 Å². The zero-order valence-corrected chi connectivity index (χ0v) is 14.4. The van der Waals surface area contributed by atoms with E-state index in [0.717, 1.165) is 27.5 Å². The number of thiophene rings is 1. The number of halogens is 3. The molecule has 5 heteroatoms. The summed E-state index contributed by atoms with van der Waals surface area (Å²) in [4.78, 5) is 0. The Balaban J connectivity index is 2.42. The van der Waals surface area contributed by atoms with Gasteiger partial charge < -0.3 is 5.32 Å². The summed E-state index contributed by atoms with van der Waals surface area (Å²) in [6.07, 6.45) is 1.01. The van der Waals surface area contributed by atoms with Gasteiger partial charge in [0.2, 0.25) is 0 Å². The number of nitrogens with one attached hydrogen (secondary N) is 1. The lowest BCUT2D eigenvalue weighted by Crippen LogP contribution is -2.24. The van der Waals surface area contributed by atoms with Crippen LogP contribution in [0.5, 0.6) is 0 Å². The molecule has 0 radical (unpaired) electrons. The predicted octanol–water partition coefficient (Wildman–Crippen LogP) is 5.50. The van der Waals surface area contributed by atoms with Crippen LogP contribution < -0.4 is 5.32 Å². The molecule has 0 bridgehead atoms. The first-order valence-corrected chi connectivity index (χ1v) is 8.56. The quantitative estimate of drug-likeness (QED) is 0.690. The second-order valence-electron chi connectivity index (χ2n) is 4.23. The normalized spacial score (nSPS) is 12.6. The molecule has 1 heterocycles. The second kappa shape index (κ2) is 6.97. The maximum atomic E-state index is 14.1. The van der Waals surface area contributed by atoms with Crippen molar-refractivity contribution >= 4 is 43.2 Å². The Morgan fingerprint density at radius 2 is 2.05 bits per heavy atom. The Labute approximate surface area is 133 Å². The summed E-state index contributed by atoms with van der Waals surface area (Å²) in [5, 5.41) is 7.49. The van der Waals surface area contributed by atoms with Crippen molar-refractivity contribution in [3.05, 3.63) is 54.8 Å². The van der Waals surface area contributed by atoms with E-state index in [9.17, 15) is 4.39 Å². The molecule has 1 aromatic heterocycles. The standard InChI is InChI=1S/C14H14Br2FNS/c1-2-5-18-14(11-7-19-8-12(11)16)10-6-9(15)3-4-13(10)17/h3-4,6-8,14,18H,2,5H2,1H3. The minimum atomic E-state index is -0.185. The Morgan fingerprint density at radius 3 is 2.68 bits per heavy atom. The first-order chi connectivity index (χ1) is 9.13. The highest BCUT2D eigenvalue weighted by atomic mass is 79.9.